The Bertz CT molecular complexity index is 546. The summed E-state index contributed by atoms with van der Waals surface area (Å²) in [5.74, 6) is 0.686. The minimum absolute atomic E-state index is 0.376. The van der Waals surface area contributed by atoms with E-state index in [-0.39, 0.29) is 6.10 Å². The first-order chi connectivity index (χ1) is 9.72. The summed E-state index contributed by atoms with van der Waals surface area (Å²) in [4.78, 5) is 0. The van der Waals surface area contributed by atoms with Gasteiger partial charge in [-0.1, -0.05) is 29.8 Å². The summed E-state index contributed by atoms with van der Waals surface area (Å²) in [6.07, 6.45) is 1.99. The summed E-state index contributed by atoms with van der Waals surface area (Å²) < 4.78 is 0. The quantitative estimate of drug-likeness (QED) is 0.880. The van der Waals surface area contributed by atoms with E-state index < -0.39 is 0 Å². The van der Waals surface area contributed by atoms with Gasteiger partial charge >= 0.3 is 0 Å². The molecule has 0 spiro atoms. The molecule has 0 bridgehead atoms. The van der Waals surface area contributed by atoms with Crippen molar-refractivity contribution in [1.82, 2.24) is 5.32 Å². The third kappa shape index (κ3) is 3.11. The van der Waals surface area contributed by atoms with Crippen molar-refractivity contribution < 1.29 is 5.11 Å². The van der Waals surface area contributed by atoms with Gasteiger partial charge in [0.2, 0.25) is 0 Å². The normalized spacial score (nSPS) is 23.3. The van der Waals surface area contributed by atoms with Crippen LogP contribution >= 0.6 is 11.3 Å². The lowest BCUT2D eigenvalue weighted by molar-refractivity contribution is 0.157. The number of benzene rings is 1. The van der Waals surface area contributed by atoms with Crippen LogP contribution in [0, 0.1) is 6.92 Å². The molecular formula is C17H21NOS. The maximum atomic E-state index is 10.0. The van der Waals surface area contributed by atoms with Gasteiger partial charge < -0.3 is 10.4 Å². The predicted octanol–water partition coefficient (Wildman–Crippen LogP) is 3.63. The molecule has 20 heavy (non-hydrogen) atoms. The maximum absolute atomic E-state index is 10.0. The highest BCUT2D eigenvalue weighted by atomic mass is 32.1. The predicted molar refractivity (Wildman–Crippen MR) is 84.2 cm³/mol. The molecule has 3 rings (SSSR count). The van der Waals surface area contributed by atoms with E-state index in [0.29, 0.717) is 18.5 Å². The third-order valence-corrected chi connectivity index (χ3v) is 4.88. The lowest BCUT2D eigenvalue weighted by Crippen LogP contribution is -2.41. The van der Waals surface area contributed by atoms with Crippen LogP contribution in [-0.2, 0) is 0 Å². The molecule has 1 aliphatic rings. The van der Waals surface area contributed by atoms with Crippen LogP contribution in [0.2, 0.25) is 0 Å². The number of thiophene rings is 1. The fraction of sp³-hybridized carbons (Fsp3) is 0.412. The SMILES string of the molecule is Cc1cccc(C2CC(NCC(O)c3ccsc3)C2)c1. The monoisotopic (exact) mass is 287 g/mol. The van der Waals surface area contributed by atoms with Gasteiger partial charge in [0, 0.05) is 12.6 Å². The Morgan fingerprint density at radius 3 is 2.90 bits per heavy atom. The minimum Gasteiger partial charge on any atom is -0.387 e. The van der Waals surface area contributed by atoms with Gasteiger partial charge in [0.1, 0.15) is 0 Å². The van der Waals surface area contributed by atoms with E-state index in [0.717, 1.165) is 5.56 Å². The number of rotatable bonds is 5. The second-order valence-corrected chi connectivity index (χ2v) is 6.54. The van der Waals surface area contributed by atoms with Crippen LogP contribution in [0.25, 0.3) is 0 Å². The van der Waals surface area contributed by atoms with E-state index in [2.05, 4.69) is 36.5 Å². The molecular weight excluding hydrogens is 266 g/mol. The molecule has 2 N–H and O–H groups in total. The third-order valence-electron chi connectivity index (χ3n) is 4.18. The molecule has 0 amide bonds. The van der Waals surface area contributed by atoms with Crippen LogP contribution in [0.5, 0.6) is 0 Å². The van der Waals surface area contributed by atoms with Crippen LogP contribution in [0.15, 0.2) is 41.1 Å². The Morgan fingerprint density at radius 1 is 1.35 bits per heavy atom. The van der Waals surface area contributed by atoms with Crippen molar-refractivity contribution in [3.63, 3.8) is 0 Å². The zero-order chi connectivity index (χ0) is 13.9. The molecule has 1 unspecified atom stereocenters. The standard InChI is InChI=1S/C17H21NOS/c1-12-3-2-4-13(7-12)15-8-16(9-15)18-10-17(19)14-5-6-20-11-14/h2-7,11,15-19H,8-10H2,1H3. The summed E-state index contributed by atoms with van der Waals surface area (Å²) in [6.45, 7) is 2.80. The maximum Gasteiger partial charge on any atom is 0.0922 e. The van der Waals surface area contributed by atoms with Gasteiger partial charge in [0.25, 0.3) is 0 Å². The molecule has 1 atom stereocenters. The van der Waals surface area contributed by atoms with E-state index in [9.17, 15) is 5.11 Å². The zero-order valence-corrected chi connectivity index (χ0v) is 12.6. The van der Waals surface area contributed by atoms with E-state index in [4.69, 9.17) is 0 Å². The average molecular weight is 287 g/mol. The van der Waals surface area contributed by atoms with Crippen molar-refractivity contribution in [3.8, 4) is 0 Å². The molecule has 0 saturated heterocycles. The Morgan fingerprint density at radius 2 is 2.20 bits per heavy atom. The van der Waals surface area contributed by atoms with Crippen LogP contribution < -0.4 is 5.32 Å². The first-order valence-electron chi connectivity index (χ1n) is 7.22. The first-order valence-corrected chi connectivity index (χ1v) is 8.17. The van der Waals surface area contributed by atoms with Gasteiger partial charge in [0.15, 0.2) is 0 Å². The van der Waals surface area contributed by atoms with Crippen molar-refractivity contribution >= 4 is 11.3 Å². The van der Waals surface area contributed by atoms with Crippen molar-refractivity contribution in [2.24, 2.45) is 0 Å². The summed E-state index contributed by atoms with van der Waals surface area (Å²) in [7, 11) is 0. The second kappa shape index (κ2) is 6.08. The highest BCUT2D eigenvalue weighted by Gasteiger charge is 2.30. The largest absolute Gasteiger partial charge is 0.387 e. The highest BCUT2D eigenvalue weighted by Crippen LogP contribution is 2.37. The molecule has 1 aliphatic carbocycles. The fourth-order valence-electron chi connectivity index (χ4n) is 2.84. The lowest BCUT2D eigenvalue weighted by Gasteiger charge is -2.37. The van der Waals surface area contributed by atoms with E-state index in [1.54, 1.807) is 11.3 Å². The van der Waals surface area contributed by atoms with Crippen molar-refractivity contribution in [2.75, 3.05) is 6.54 Å². The Balaban J connectivity index is 1.44. The lowest BCUT2D eigenvalue weighted by atomic mass is 9.75. The van der Waals surface area contributed by atoms with Crippen molar-refractivity contribution in [1.29, 1.82) is 0 Å². The zero-order valence-electron chi connectivity index (χ0n) is 11.8. The molecule has 1 fully saturated rings. The summed E-state index contributed by atoms with van der Waals surface area (Å²) in [5, 5.41) is 17.5. The average Bonchev–Trinajstić information content (AvgIpc) is 2.90. The van der Waals surface area contributed by atoms with Crippen molar-refractivity contribution in [2.45, 2.75) is 37.8 Å². The van der Waals surface area contributed by atoms with Crippen LogP contribution in [-0.4, -0.2) is 17.7 Å². The number of aliphatic hydroxyl groups excluding tert-OH is 1. The topological polar surface area (TPSA) is 32.3 Å². The van der Waals surface area contributed by atoms with Crippen LogP contribution in [0.1, 0.15) is 41.6 Å². The number of nitrogens with one attached hydrogen (secondary N) is 1. The molecule has 1 aromatic heterocycles. The first kappa shape index (κ1) is 13.8. The van der Waals surface area contributed by atoms with Gasteiger partial charge in [-0.25, -0.2) is 0 Å². The van der Waals surface area contributed by atoms with Gasteiger partial charge in [-0.3, -0.25) is 0 Å². The number of aliphatic hydroxyl groups is 1. The number of aryl methyl sites for hydroxylation is 1. The molecule has 106 valence electrons. The second-order valence-electron chi connectivity index (χ2n) is 5.76. The Kier molecular flexibility index (Phi) is 4.20. The molecule has 2 aromatic rings. The van der Waals surface area contributed by atoms with Gasteiger partial charge in [-0.15, -0.1) is 0 Å². The molecule has 1 aromatic carbocycles. The van der Waals surface area contributed by atoms with Crippen LogP contribution in [0.4, 0.5) is 0 Å². The summed E-state index contributed by atoms with van der Waals surface area (Å²) in [6, 6.07) is 11.4. The molecule has 2 nitrogen and oxygen atoms in total. The Hall–Kier alpha value is -1.16. The van der Waals surface area contributed by atoms with E-state index in [1.807, 2.05) is 16.8 Å². The van der Waals surface area contributed by atoms with Gasteiger partial charge in [-0.2, -0.15) is 11.3 Å². The fourth-order valence-corrected chi connectivity index (χ4v) is 3.55. The number of hydrogen-bond acceptors (Lipinski definition) is 3. The summed E-state index contributed by atoms with van der Waals surface area (Å²) in [5.41, 5.74) is 3.82. The molecule has 1 saturated carbocycles. The number of hydrogen-bond donors (Lipinski definition) is 2. The van der Waals surface area contributed by atoms with Crippen molar-refractivity contribution in [3.05, 3.63) is 57.8 Å². The molecule has 0 aliphatic heterocycles. The smallest absolute Gasteiger partial charge is 0.0922 e. The minimum atomic E-state index is -0.376. The highest BCUT2D eigenvalue weighted by molar-refractivity contribution is 7.07. The molecule has 1 heterocycles. The summed E-state index contributed by atoms with van der Waals surface area (Å²) >= 11 is 1.63. The molecule has 3 heteroatoms. The van der Waals surface area contributed by atoms with Gasteiger partial charge in [0.05, 0.1) is 6.10 Å². The molecule has 0 radical (unpaired) electrons. The van der Waals surface area contributed by atoms with Crippen LogP contribution in [0.3, 0.4) is 0 Å². The van der Waals surface area contributed by atoms with Gasteiger partial charge in [-0.05, 0) is 53.6 Å². The van der Waals surface area contributed by atoms with E-state index in [1.165, 1.54) is 24.0 Å². The Labute approximate surface area is 124 Å². The van der Waals surface area contributed by atoms with E-state index >= 15 is 0 Å².